The summed E-state index contributed by atoms with van der Waals surface area (Å²) in [4.78, 5) is 0. The highest BCUT2D eigenvalue weighted by Gasteiger charge is 1.99. The molecular weight excluding hydrogens is 160 g/mol. The molecule has 0 saturated heterocycles. The second kappa shape index (κ2) is 5.76. The highest BCUT2D eigenvalue weighted by Crippen LogP contribution is 2.12. The van der Waals surface area contributed by atoms with E-state index in [0.717, 1.165) is 6.42 Å². The molecule has 0 aliphatic rings. The minimum atomic E-state index is 0.00311. The Balaban J connectivity index is 2.66. The van der Waals surface area contributed by atoms with E-state index in [1.54, 1.807) is 0 Å². The van der Waals surface area contributed by atoms with Gasteiger partial charge >= 0.3 is 0 Å². The molecule has 0 heterocycles. The molecule has 1 rings (SSSR count). The molecule has 0 aliphatic carbocycles. The van der Waals surface area contributed by atoms with Gasteiger partial charge in [-0.3, -0.25) is 0 Å². The van der Waals surface area contributed by atoms with E-state index >= 15 is 0 Å². The van der Waals surface area contributed by atoms with Gasteiger partial charge in [-0.2, -0.15) is 0 Å². The Morgan fingerprint density at radius 3 is 2.23 bits per heavy atom. The van der Waals surface area contributed by atoms with Crippen LogP contribution < -0.4 is 0 Å². The van der Waals surface area contributed by atoms with Crippen LogP contribution in [0.1, 0.15) is 30.9 Å². The molecule has 71 valence electrons. The molecule has 0 atom stereocenters. The Bertz CT molecular complexity index is 243. The first-order valence-corrected chi connectivity index (χ1v) is 5.03. The minimum absolute atomic E-state index is 0.00311. The van der Waals surface area contributed by atoms with Gasteiger partial charge in [0.2, 0.25) is 0 Å². The Morgan fingerprint density at radius 2 is 1.69 bits per heavy atom. The zero-order chi connectivity index (χ0) is 9.52. The molecule has 0 bridgehead atoms. The van der Waals surface area contributed by atoms with Crippen molar-refractivity contribution in [1.29, 1.82) is 0 Å². The molecule has 1 heteroatoms. The third-order valence-corrected chi connectivity index (χ3v) is 2.29. The summed E-state index contributed by atoms with van der Waals surface area (Å²) in [7, 11) is 0. The maximum absolute atomic E-state index is 10.5. The monoisotopic (exact) mass is 177 g/mol. The van der Waals surface area contributed by atoms with Gasteiger partial charge in [0.1, 0.15) is 0 Å². The Hall–Kier alpha value is -0.820. The highest BCUT2D eigenvalue weighted by molar-refractivity contribution is 5.27. The van der Waals surface area contributed by atoms with Crippen LogP contribution in [0.5, 0.6) is 0 Å². The predicted octanol–water partition coefficient (Wildman–Crippen LogP) is 3.00. The maximum atomic E-state index is 10.5. The molecular formula is C12H17O. The van der Waals surface area contributed by atoms with Crippen LogP contribution in [0.3, 0.4) is 0 Å². The second-order valence-corrected chi connectivity index (χ2v) is 3.33. The van der Waals surface area contributed by atoms with Crippen molar-refractivity contribution >= 4 is 0 Å². The van der Waals surface area contributed by atoms with Gasteiger partial charge in [-0.05, 0) is 30.4 Å². The summed E-state index contributed by atoms with van der Waals surface area (Å²) in [5, 5.41) is 10.5. The molecule has 0 saturated carbocycles. The van der Waals surface area contributed by atoms with Gasteiger partial charge in [0.15, 0.2) is 0 Å². The molecule has 0 N–H and O–H groups in total. The van der Waals surface area contributed by atoms with Crippen molar-refractivity contribution in [2.24, 2.45) is 0 Å². The lowest BCUT2D eigenvalue weighted by Gasteiger charge is -2.06. The summed E-state index contributed by atoms with van der Waals surface area (Å²) in [6, 6.07) is 8.28. The van der Waals surface area contributed by atoms with Gasteiger partial charge in [0.05, 0.1) is 6.61 Å². The number of hydrogen-bond donors (Lipinski definition) is 0. The number of unbranched alkanes of at least 4 members (excludes halogenated alkanes) is 1. The van der Waals surface area contributed by atoms with Crippen LogP contribution in [0.25, 0.3) is 0 Å². The van der Waals surface area contributed by atoms with Crippen molar-refractivity contribution < 1.29 is 5.11 Å². The fourth-order valence-electron chi connectivity index (χ4n) is 1.52. The van der Waals surface area contributed by atoms with Gasteiger partial charge in [-0.1, -0.05) is 37.6 Å². The molecule has 1 aromatic carbocycles. The van der Waals surface area contributed by atoms with Crippen molar-refractivity contribution in [3.05, 3.63) is 35.4 Å². The summed E-state index contributed by atoms with van der Waals surface area (Å²) >= 11 is 0. The third kappa shape index (κ3) is 3.19. The van der Waals surface area contributed by atoms with Crippen LogP contribution in [0.4, 0.5) is 0 Å². The molecule has 1 aromatic rings. The minimum Gasteiger partial charge on any atom is -0.236 e. The Labute approximate surface area is 80.4 Å². The molecule has 13 heavy (non-hydrogen) atoms. The van der Waals surface area contributed by atoms with Gasteiger partial charge in [0, 0.05) is 0 Å². The second-order valence-electron chi connectivity index (χ2n) is 3.33. The first-order chi connectivity index (χ1) is 6.38. The number of rotatable bonds is 5. The van der Waals surface area contributed by atoms with E-state index in [-0.39, 0.29) is 6.61 Å². The SMILES string of the molecule is CCCCc1ccccc1CC[O]. The van der Waals surface area contributed by atoms with E-state index in [9.17, 15) is 5.11 Å². The van der Waals surface area contributed by atoms with Crippen LogP contribution in [0, 0.1) is 0 Å². The number of aryl methyl sites for hydroxylation is 1. The van der Waals surface area contributed by atoms with Gasteiger partial charge in [0.25, 0.3) is 0 Å². The van der Waals surface area contributed by atoms with E-state index in [4.69, 9.17) is 0 Å². The molecule has 0 aromatic heterocycles. The third-order valence-electron chi connectivity index (χ3n) is 2.29. The zero-order valence-corrected chi connectivity index (χ0v) is 8.25. The fourth-order valence-corrected chi connectivity index (χ4v) is 1.52. The summed E-state index contributed by atoms with van der Waals surface area (Å²) in [5.74, 6) is 0. The molecule has 0 spiro atoms. The molecule has 0 amide bonds. The maximum Gasteiger partial charge on any atom is 0.0862 e. The van der Waals surface area contributed by atoms with Gasteiger partial charge in [-0.25, -0.2) is 5.11 Å². The molecule has 1 radical (unpaired) electrons. The lowest BCUT2D eigenvalue weighted by molar-refractivity contribution is 0.197. The van der Waals surface area contributed by atoms with Crippen molar-refractivity contribution in [1.82, 2.24) is 0 Å². The van der Waals surface area contributed by atoms with E-state index in [0.29, 0.717) is 6.42 Å². The van der Waals surface area contributed by atoms with Crippen LogP contribution >= 0.6 is 0 Å². The first-order valence-electron chi connectivity index (χ1n) is 5.03. The van der Waals surface area contributed by atoms with Gasteiger partial charge in [-0.15, -0.1) is 0 Å². The summed E-state index contributed by atoms with van der Waals surface area (Å²) < 4.78 is 0. The quantitative estimate of drug-likeness (QED) is 0.659. The van der Waals surface area contributed by atoms with Crippen molar-refractivity contribution in [3.8, 4) is 0 Å². The number of benzene rings is 1. The summed E-state index contributed by atoms with van der Waals surface area (Å²) in [6.07, 6.45) is 4.23. The van der Waals surface area contributed by atoms with Crippen molar-refractivity contribution in [2.45, 2.75) is 32.6 Å². The topological polar surface area (TPSA) is 19.9 Å². The lowest BCUT2D eigenvalue weighted by Crippen LogP contribution is -1.96. The molecule has 0 unspecified atom stereocenters. The predicted molar refractivity (Wildman–Crippen MR) is 54.3 cm³/mol. The lowest BCUT2D eigenvalue weighted by atomic mass is 10.0. The van der Waals surface area contributed by atoms with Crippen molar-refractivity contribution in [2.75, 3.05) is 6.61 Å². The standard InChI is InChI=1S/C12H17O/c1-2-3-6-11-7-4-5-8-12(11)9-10-13/h4-5,7-8H,2-3,6,9-10H2,1H3. The fraction of sp³-hybridized carbons (Fsp3) is 0.500. The van der Waals surface area contributed by atoms with Crippen LogP contribution in [-0.2, 0) is 17.9 Å². The first kappa shape index (κ1) is 10.3. The summed E-state index contributed by atoms with van der Waals surface area (Å²) in [5.41, 5.74) is 2.60. The van der Waals surface area contributed by atoms with E-state index in [1.165, 1.54) is 24.0 Å². The van der Waals surface area contributed by atoms with E-state index < -0.39 is 0 Å². The molecule has 0 aliphatic heterocycles. The smallest absolute Gasteiger partial charge is 0.0862 e. The van der Waals surface area contributed by atoms with Gasteiger partial charge < -0.3 is 0 Å². The normalized spacial score (nSPS) is 10.3. The average Bonchev–Trinajstić information content (AvgIpc) is 2.17. The summed E-state index contributed by atoms with van der Waals surface area (Å²) in [6.45, 7) is 2.19. The zero-order valence-electron chi connectivity index (χ0n) is 8.25. The Kier molecular flexibility index (Phi) is 4.55. The number of hydrogen-bond acceptors (Lipinski definition) is 0. The van der Waals surface area contributed by atoms with Crippen LogP contribution in [0.15, 0.2) is 24.3 Å². The largest absolute Gasteiger partial charge is 0.236 e. The van der Waals surface area contributed by atoms with Crippen LogP contribution in [0.2, 0.25) is 0 Å². The molecule has 1 nitrogen and oxygen atoms in total. The highest BCUT2D eigenvalue weighted by atomic mass is 16.2. The average molecular weight is 177 g/mol. The van der Waals surface area contributed by atoms with E-state index in [2.05, 4.69) is 25.1 Å². The molecule has 0 fully saturated rings. The van der Waals surface area contributed by atoms with Crippen LogP contribution in [-0.4, -0.2) is 6.61 Å². The van der Waals surface area contributed by atoms with E-state index in [1.807, 2.05) is 6.07 Å². The van der Waals surface area contributed by atoms with Crippen molar-refractivity contribution in [3.63, 3.8) is 0 Å². The Morgan fingerprint density at radius 1 is 1.08 bits per heavy atom.